The molecule has 0 saturated carbocycles. The van der Waals surface area contributed by atoms with E-state index in [2.05, 4.69) is 0 Å². The maximum Gasteiger partial charge on any atom is 0.341 e. The first-order valence-electron chi connectivity index (χ1n) is 6.36. The Bertz CT molecular complexity index is 461. The number of benzene rings is 1. The zero-order valence-corrected chi connectivity index (χ0v) is 11.2. The predicted octanol–water partition coefficient (Wildman–Crippen LogP) is 2.00. The lowest BCUT2D eigenvalue weighted by atomic mass is 10.1. The first-order chi connectivity index (χ1) is 9.10. The number of methoxy groups -OCH3 is 1. The molecule has 0 bridgehead atoms. The molecule has 1 heterocycles. The molecule has 0 aromatic heterocycles. The van der Waals surface area contributed by atoms with Crippen LogP contribution < -0.4 is 10.5 Å². The lowest BCUT2D eigenvalue weighted by molar-refractivity contribution is 0.0257. The number of hydrogen-bond acceptors (Lipinski definition) is 5. The number of ether oxygens (including phenoxy) is 3. The molecule has 2 atom stereocenters. The minimum absolute atomic E-state index is 0.0815. The molecule has 0 spiro atoms. The molecular weight excluding hydrogens is 246 g/mol. The average Bonchev–Trinajstić information content (AvgIpc) is 2.82. The summed E-state index contributed by atoms with van der Waals surface area (Å²) in [5.74, 6) is 0.0206. The standard InChI is InChI=1S/C14H19NO4/c1-9-3-5-11(19-9)8-18-13-6-4-10(15)7-12(13)14(16)17-2/h4,6-7,9,11H,3,5,8,15H2,1-2H3. The van der Waals surface area contributed by atoms with Gasteiger partial charge in [-0.2, -0.15) is 0 Å². The third-order valence-corrected chi connectivity index (χ3v) is 3.15. The molecule has 1 aliphatic rings. The lowest BCUT2D eigenvalue weighted by Crippen LogP contribution is -2.19. The highest BCUT2D eigenvalue weighted by atomic mass is 16.5. The second kappa shape index (κ2) is 5.93. The van der Waals surface area contributed by atoms with Crippen LogP contribution in [0.4, 0.5) is 5.69 Å². The number of carbonyl (C=O) groups excluding carboxylic acids is 1. The van der Waals surface area contributed by atoms with Gasteiger partial charge in [-0.1, -0.05) is 0 Å². The van der Waals surface area contributed by atoms with Gasteiger partial charge in [-0.3, -0.25) is 0 Å². The summed E-state index contributed by atoms with van der Waals surface area (Å²) in [5, 5.41) is 0. The van der Waals surface area contributed by atoms with Crippen LogP contribution in [-0.4, -0.2) is 31.9 Å². The SMILES string of the molecule is COC(=O)c1cc(N)ccc1OCC1CCC(C)O1. The largest absolute Gasteiger partial charge is 0.490 e. The van der Waals surface area contributed by atoms with Crippen molar-refractivity contribution in [3.63, 3.8) is 0 Å². The van der Waals surface area contributed by atoms with E-state index in [1.54, 1.807) is 18.2 Å². The summed E-state index contributed by atoms with van der Waals surface area (Å²) in [6.07, 6.45) is 2.38. The van der Waals surface area contributed by atoms with Crippen molar-refractivity contribution in [3.05, 3.63) is 23.8 Å². The number of anilines is 1. The summed E-state index contributed by atoms with van der Waals surface area (Å²) in [6, 6.07) is 4.93. The van der Waals surface area contributed by atoms with Gasteiger partial charge < -0.3 is 19.9 Å². The molecule has 0 radical (unpaired) electrons. The molecule has 5 heteroatoms. The highest BCUT2D eigenvalue weighted by Gasteiger charge is 2.23. The van der Waals surface area contributed by atoms with Gasteiger partial charge in [0.1, 0.15) is 17.9 Å². The van der Waals surface area contributed by atoms with Gasteiger partial charge >= 0.3 is 5.97 Å². The van der Waals surface area contributed by atoms with E-state index < -0.39 is 5.97 Å². The van der Waals surface area contributed by atoms with Gasteiger partial charge in [0, 0.05) is 5.69 Å². The third-order valence-electron chi connectivity index (χ3n) is 3.15. The van der Waals surface area contributed by atoms with Crippen LogP contribution in [-0.2, 0) is 9.47 Å². The van der Waals surface area contributed by atoms with Gasteiger partial charge in [0.2, 0.25) is 0 Å². The maximum atomic E-state index is 11.6. The summed E-state index contributed by atoms with van der Waals surface area (Å²) in [4.78, 5) is 11.6. The Hall–Kier alpha value is -1.75. The first kappa shape index (κ1) is 13.7. The van der Waals surface area contributed by atoms with E-state index in [1.807, 2.05) is 6.92 Å². The summed E-state index contributed by atoms with van der Waals surface area (Å²) < 4.78 is 16.0. The third kappa shape index (κ3) is 3.38. The molecule has 2 unspecified atom stereocenters. The minimum atomic E-state index is -0.456. The lowest BCUT2D eigenvalue weighted by Gasteiger charge is -2.15. The normalized spacial score (nSPS) is 22.2. The van der Waals surface area contributed by atoms with E-state index in [9.17, 15) is 4.79 Å². The summed E-state index contributed by atoms with van der Waals surface area (Å²) in [6.45, 7) is 2.47. The highest BCUT2D eigenvalue weighted by Crippen LogP contribution is 2.25. The van der Waals surface area contributed by atoms with Gasteiger partial charge in [0.15, 0.2) is 0 Å². The number of nitrogen functional groups attached to an aromatic ring is 1. The van der Waals surface area contributed by atoms with Crippen LogP contribution in [0.25, 0.3) is 0 Å². The Morgan fingerprint density at radius 1 is 1.47 bits per heavy atom. The van der Waals surface area contributed by atoms with E-state index in [4.69, 9.17) is 19.9 Å². The monoisotopic (exact) mass is 265 g/mol. The summed E-state index contributed by atoms with van der Waals surface area (Å²) in [7, 11) is 1.33. The van der Waals surface area contributed by atoms with Gasteiger partial charge in [-0.25, -0.2) is 4.79 Å². The van der Waals surface area contributed by atoms with Gasteiger partial charge in [0.25, 0.3) is 0 Å². The van der Waals surface area contributed by atoms with Crippen LogP contribution in [0.2, 0.25) is 0 Å². The number of hydrogen-bond donors (Lipinski definition) is 1. The maximum absolute atomic E-state index is 11.6. The van der Waals surface area contributed by atoms with Crippen LogP contribution in [0.5, 0.6) is 5.75 Å². The van der Waals surface area contributed by atoms with Crippen molar-refractivity contribution in [1.82, 2.24) is 0 Å². The van der Waals surface area contributed by atoms with Crippen molar-refractivity contribution in [2.24, 2.45) is 0 Å². The first-order valence-corrected chi connectivity index (χ1v) is 6.36. The zero-order chi connectivity index (χ0) is 13.8. The van der Waals surface area contributed by atoms with Crippen LogP contribution in [0.3, 0.4) is 0 Å². The molecule has 0 aliphatic carbocycles. The van der Waals surface area contributed by atoms with Crippen molar-refractivity contribution in [1.29, 1.82) is 0 Å². The van der Waals surface area contributed by atoms with Gasteiger partial charge in [-0.05, 0) is 38.0 Å². The molecular formula is C14H19NO4. The van der Waals surface area contributed by atoms with E-state index in [0.29, 0.717) is 23.6 Å². The quantitative estimate of drug-likeness (QED) is 0.666. The van der Waals surface area contributed by atoms with Crippen LogP contribution in [0.1, 0.15) is 30.1 Å². The summed E-state index contributed by atoms with van der Waals surface area (Å²) >= 11 is 0. The highest BCUT2D eigenvalue weighted by molar-refractivity contribution is 5.93. The van der Waals surface area contributed by atoms with E-state index in [-0.39, 0.29) is 12.2 Å². The van der Waals surface area contributed by atoms with Crippen LogP contribution in [0, 0.1) is 0 Å². The molecule has 1 aromatic carbocycles. The molecule has 104 valence electrons. The van der Waals surface area contributed by atoms with Gasteiger partial charge in [0.05, 0.1) is 19.3 Å². The Labute approximate surface area is 112 Å². The van der Waals surface area contributed by atoms with E-state index in [0.717, 1.165) is 12.8 Å². The molecule has 2 rings (SSSR count). The Morgan fingerprint density at radius 2 is 2.26 bits per heavy atom. The van der Waals surface area contributed by atoms with Crippen molar-refractivity contribution < 1.29 is 19.0 Å². The van der Waals surface area contributed by atoms with E-state index >= 15 is 0 Å². The number of esters is 1. The molecule has 0 amide bonds. The number of rotatable bonds is 4. The Balaban J connectivity index is 2.05. The van der Waals surface area contributed by atoms with E-state index in [1.165, 1.54) is 7.11 Å². The molecule has 1 saturated heterocycles. The van der Waals surface area contributed by atoms with Crippen molar-refractivity contribution in [3.8, 4) is 5.75 Å². The van der Waals surface area contributed by atoms with Crippen LogP contribution in [0.15, 0.2) is 18.2 Å². The Kier molecular flexibility index (Phi) is 4.27. The fraction of sp³-hybridized carbons (Fsp3) is 0.500. The van der Waals surface area contributed by atoms with Crippen molar-refractivity contribution in [2.45, 2.75) is 32.0 Å². The minimum Gasteiger partial charge on any atom is -0.490 e. The van der Waals surface area contributed by atoms with Crippen molar-refractivity contribution >= 4 is 11.7 Å². The van der Waals surface area contributed by atoms with Gasteiger partial charge in [-0.15, -0.1) is 0 Å². The van der Waals surface area contributed by atoms with Crippen molar-refractivity contribution in [2.75, 3.05) is 19.5 Å². The fourth-order valence-electron chi connectivity index (χ4n) is 2.13. The fourth-order valence-corrected chi connectivity index (χ4v) is 2.13. The molecule has 5 nitrogen and oxygen atoms in total. The topological polar surface area (TPSA) is 70.8 Å². The number of nitrogens with two attached hydrogens (primary N) is 1. The average molecular weight is 265 g/mol. The van der Waals surface area contributed by atoms with Crippen LogP contribution >= 0.6 is 0 Å². The molecule has 19 heavy (non-hydrogen) atoms. The smallest absolute Gasteiger partial charge is 0.341 e. The Morgan fingerprint density at radius 3 is 2.89 bits per heavy atom. The second-order valence-electron chi connectivity index (χ2n) is 4.70. The molecule has 1 fully saturated rings. The molecule has 1 aromatic rings. The molecule has 1 aliphatic heterocycles. The predicted molar refractivity (Wildman–Crippen MR) is 71.3 cm³/mol. The molecule has 2 N–H and O–H groups in total. The summed E-state index contributed by atoms with van der Waals surface area (Å²) in [5.41, 5.74) is 6.51. The second-order valence-corrected chi connectivity index (χ2v) is 4.70. The number of carbonyl (C=O) groups is 1. The zero-order valence-electron chi connectivity index (χ0n) is 11.2.